The Morgan fingerprint density at radius 1 is 0.792 bits per heavy atom. The number of nitrogens with one attached hydrogen (secondary N) is 4. The van der Waals surface area contributed by atoms with Crippen molar-refractivity contribution in [2.24, 2.45) is 10.2 Å². The summed E-state index contributed by atoms with van der Waals surface area (Å²) in [7, 11) is 3.48. The van der Waals surface area contributed by atoms with Gasteiger partial charge in [-0.05, 0) is 29.8 Å². The van der Waals surface area contributed by atoms with Crippen molar-refractivity contribution in [2.45, 2.75) is 0 Å². The zero-order valence-corrected chi connectivity index (χ0v) is 14.8. The molecule has 6 nitrogen and oxygen atoms in total. The zero-order valence-electron chi connectivity index (χ0n) is 13.2. The van der Waals surface area contributed by atoms with E-state index in [1.807, 2.05) is 24.3 Å². The number of nitrogens with zero attached hydrogens (tertiary/aromatic N) is 2. The van der Waals surface area contributed by atoms with Crippen molar-refractivity contribution in [2.75, 3.05) is 14.1 Å². The molecule has 1 aliphatic carbocycles. The van der Waals surface area contributed by atoms with E-state index in [-0.39, 0.29) is 0 Å². The molecule has 0 aliphatic heterocycles. The second kappa shape index (κ2) is 6.90. The molecule has 0 aromatic heterocycles. The van der Waals surface area contributed by atoms with Crippen LogP contribution in [0.3, 0.4) is 0 Å². The van der Waals surface area contributed by atoms with Crippen LogP contribution in [-0.2, 0) is 0 Å². The summed E-state index contributed by atoms with van der Waals surface area (Å²) in [6.07, 6.45) is 0. The van der Waals surface area contributed by atoms with Crippen molar-refractivity contribution in [3.63, 3.8) is 0 Å². The number of benzene rings is 2. The van der Waals surface area contributed by atoms with Crippen LogP contribution in [0.5, 0.6) is 0 Å². The third-order valence-corrected chi connectivity index (χ3v) is 4.22. The molecular weight excluding hydrogens is 340 g/mol. The van der Waals surface area contributed by atoms with E-state index >= 15 is 0 Å². The Labute approximate surface area is 150 Å². The molecule has 0 atom stereocenters. The van der Waals surface area contributed by atoms with Gasteiger partial charge >= 0.3 is 0 Å². The van der Waals surface area contributed by atoms with Crippen LogP contribution >= 0.6 is 24.4 Å². The van der Waals surface area contributed by atoms with E-state index in [1.165, 1.54) is 0 Å². The molecule has 122 valence electrons. The summed E-state index contributed by atoms with van der Waals surface area (Å²) in [5, 5.41) is 17.7. The predicted molar refractivity (Wildman–Crippen MR) is 107 cm³/mol. The van der Waals surface area contributed by atoms with Crippen LogP contribution in [-0.4, -0.2) is 35.7 Å². The molecule has 0 heterocycles. The summed E-state index contributed by atoms with van der Waals surface area (Å²) >= 11 is 10.2. The van der Waals surface area contributed by atoms with Crippen molar-refractivity contribution in [1.29, 1.82) is 0 Å². The molecule has 0 radical (unpaired) electrons. The zero-order chi connectivity index (χ0) is 17.1. The van der Waals surface area contributed by atoms with Gasteiger partial charge in [-0.25, -0.2) is 0 Å². The highest BCUT2D eigenvalue weighted by Crippen LogP contribution is 2.31. The Hall–Kier alpha value is -2.58. The van der Waals surface area contributed by atoms with E-state index in [0.717, 1.165) is 21.9 Å². The van der Waals surface area contributed by atoms with Gasteiger partial charge in [-0.15, -0.1) is 0 Å². The Balaban J connectivity index is 2.13. The van der Waals surface area contributed by atoms with Crippen LogP contribution in [0.25, 0.3) is 10.8 Å². The minimum Gasteiger partial charge on any atom is -0.364 e. The summed E-state index contributed by atoms with van der Waals surface area (Å²) < 4.78 is 0. The fourth-order valence-electron chi connectivity index (χ4n) is 2.54. The Kier molecular flexibility index (Phi) is 4.68. The summed E-state index contributed by atoms with van der Waals surface area (Å²) in [6, 6.07) is 12.2. The number of rotatable bonds is 2. The lowest BCUT2D eigenvalue weighted by Crippen LogP contribution is -2.32. The minimum absolute atomic E-state index is 0.434. The number of hydrogen-bond acceptors (Lipinski definition) is 4. The maximum atomic E-state index is 5.11. The standard InChI is InChI=1S/C16H16N6S2/c1-17-15(23)21-19-13-10-7-3-5-9-6-4-8-11(12(9)10)14(13)20-22-16(24)18-2/h3-8H,1-2H3,(H2,17,21,23)(H2,18,22,24)/b19-13+,20-14+. The molecule has 0 bridgehead atoms. The van der Waals surface area contributed by atoms with Crippen molar-refractivity contribution in [1.82, 2.24) is 21.5 Å². The van der Waals surface area contributed by atoms with E-state index in [1.54, 1.807) is 14.1 Å². The van der Waals surface area contributed by atoms with Gasteiger partial charge in [0.1, 0.15) is 11.4 Å². The molecule has 0 amide bonds. The molecule has 0 unspecified atom stereocenters. The van der Waals surface area contributed by atoms with Gasteiger partial charge in [0.2, 0.25) is 0 Å². The lowest BCUT2D eigenvalue weighted by atomic mass is 10.1. The topological polar surface area (TPSA) is 72.8 Å². The molecule has 0 spiro atoms. The first-order chi connectivity index (χ1) is 11.7. The number of thiocarbonyl (C=S) groups is 2. The van der Waals surface area contributed by atoms with Crippen LogP contribution in [0.2, 0.25) is 0 Å². The maximum Gasteiger partial charge on any atom is 0.186 e. The quantitative estimate of drug-likeness (QED) is 0.482. The second-order valence-corrected chi connectivity index (χ2v) is 5.83. The molecule has 0 fully saturated rings. The van der Waals surface area contributed by atoms with Crippen LogP contribution in [0, 0.1) is 0 Å². The van der Waals surface area contributed by atoms with Crippen LogP contribution in [0.1, 0.15) is 11.1 Å². The molecule has 0 saturated carbocycles. The molecule has 1 aliphatic rings. The Morgan fingerprint density at radius 3 is 1.67 bits per heavy atom. The largest absolute Gasteiger partial charge is 0.364 e. The molecule has 4 N–H and O–H groups in total. The summed E-state index contributed by atoms with van der Waals surface area (Å²) in [6.45, 7) is 0. The monoisotopic (exact) mass is 356 g/mol. The lowest BCUT2D eigenvalue weighted by molar-refractivity contribution is 0.969. The van der Waals surface area contributed by atoms with Gasteiger partial charge in [0.15, 0.2) is 10.2 Å². The predicted octanol–water partition coefficient (Wildman–Crippen LogP) is 1.45. The Morgan fingerprint density at radius 2 is 1.25 bits per heavy atom. The average Bonchev–Trinajstić information content (AvgIpc) is 2.92. The second-order valence-electron chi connectivity index (χ2n) is 5.01. The molecule has 2 aromatic carbocycles. The average molecular weight is 356 g/mol. The van der Waals surface area contributed by atoms with Crippen LogP contribution in [0.4, 0.5) is 0 Å². The first-order valence-electron chi connectivity index (χ1n) is 7.29. The van der Waals surface area contributed by atoms with E-state index in [2.05, 4.69) is 43.8 Å². The van der Waals surface area contributed by atoms with E-state index in [9.17, 15) is 0 Å². The highest BCUT2D eigenvalue weighted by molar-refractivity contribution is 7.80. The van der Waals surface area contributed by atoms with E-state index < -0.39 is 0 Å². The van der Waals surface area contributed by atoms with Crippen molar-refractivity contribution in [3.8, 4) is 0 Å². The van der Waals surface area contributed by atoms with Gasteiger partial charge in [0.05, 0.1) is 0 Å². The Bertz CT molecular complexity index is 819. The van der Waals surface area contributed by atoms with Crippen molar-refractivity contribution in [3.05, 3.63) is 47.5 Å². The molecular formula is C16H16N6S2. The summed E-state index contributed by atoms with van der Waals surface area (Å²) in [4.78, 5) is 0. The SMILES string of the molecule is CNC(=S)N/N=C1/C(=N/NC(=S)NC)c2cccc3cccc1c23. The van der Waals surface area contributed by atoms with Crippen molar-refractivity contribution < 1.29 is 0 Å². The van der Waals surface area contributed by atoms with Gasteiger partial charge in [-0.2, -0.15) is 10.2 Å². The number of hydrogen-bond donors (Lipinski definition) is 4. The van der Waals surface area contributed by atoms with Crippen LogP contribution in [0.15, 0.2) is 46.6 Å². The third kappa shape index (κ3) is 2.93. The summed E-state index contributed by atoms with van der Waals surface area (Å²) in [5.41, 5.74) is 9.11. The van der Waals surface area contributed by atoms with Gasteiger partial charge in [-0.1, -0.05) is 36.4 Å². The number of hydrazone groups is 2. The fraction of sp³-hybridized carbons (Fsp3) is 0.125. The lowest BCUT2D eigenvalue weighted by Gasteiger charge is -2.06. The molecule has 8 heteroatoms. The maximum absolute atomic E-state index is 5.11. The van der Waals surface area contributed by atoms with E-state index in [0.29, 0.717) is 21.6 Å². The van der Waals surface area contributed by atoms with Crippen LogP contribution < -0.4 is 21.5 Å². The van der Waals surface area contributed by atoms with Gasteiger partial charge in [0.25, 0.3) is 0 Å². The molecule has 2 aromatic rings. The highest BCUT2D eigenvalue weighted by atomic mass is 32.1. The van der Waals surface area contributed by atoms with E-state index in [4.69, 9.17) is 24.4 Å². The third-order valence-electron chi connectivity index (χ3n) is 3.63. The van der Waals surface area contributed by atoms with Gasteiger partial charge < -0.3 is 10.6 Å². The first kappa shape index (κ1) is 16.3. The molecule has 3 rings (SSSR count). The van der Waals surface area contributed by atoms with Gasteiger partial charge in [-0.3, -0.25) is 10.9 Å². The smallest absolute Gasteiger partial charge is 0.186 e. The molecule has 0 saturated heterocycles. The van der Waals surface area contributed by atoms with Gasteiger partial charge in [0, 0.05) is 30.6 Å². The normalized spacial score (nSPS) is 15.6. The van der Waals surface area contributed by atoms with Crippen molar-refractivity contribution >= 4 is 56.9 Å². The minimum atomic E-state index is 0.434. The summed E-state index contributed by atoms with van der Waals surface area (Å²) in [5.74, 6) is 0. The first-order valence-corrected chi connectivity index (χ1v) is 8.11. The highest BCUT2D eigenvalue weighted by Gasteiger charge is 2.27. The molecule has 24 heavy (non-hydrogen) atoms. The fourth-order valence-corrected chi connectivity index (χ4v) is 2.63.